The molecule has 1 saturated carbocycles. The van der Waals surface area contributed by atoms with E-state index in [1.807, 2.05) is 0 Å². The van der Waals surface area contributed by atoms with Crippen molar-refractivity contribution >= 4 is 0 Å². The van der Waals surface area contributed by atoms with E-state index in [4.69, 9.17) is 4.74 Å². The molecule has 3 nitrogen and oxygen atoms in total. The summed E-state index contributed by atoms with van der Waals surface area (Å²) in [5.74, 6) is 0. The van der Waals surface area contributed by atoms with Crippen molar-refractivity contribution in [2.45, 2.75) is 59.0 Å². The molecule has 0 spiro atoms. The zero-order valence-corrected chi connectivity index (χ0v) is 13.0. The van der Waals surface area contributed by atoms with Crippen LogP contribution >= 0.6 is 0 Å². The maximum atomic E-state index is 5.22. The molecule has 0 amide bonds. The van der Waals surface area contributed by atoms with Crippen molar-refractivity contribution in [3.05, 3.63) is 0 Å². The van der Waals surface area contributed by atoms with Crippen LogP contribution in [0.3, 0.4) is 0 Å². The van der Waals surface area contributed by atoms with E-state index in [1.165, 1.54) is 19.3 Å². The van der Waals surface area contributed by atoms with Crippen LogP contribution < -0.4 is 5.32 Å². The SMILES string of the molecule is CCC(C)(CNC1CC1)CN(CCOC)C(C)C. The number of hydrogen-bond donors (Lipinski definition) is 1. The van der Waals surface area contributed by atoms with Gasteiger partial charge >= 0.3 is 0 Å². The number of ether oxygens (including phenoxy) is 1. The highest BCUT2D eigenvalue weighted by Gasteiger charge is 2.29. The van der Waals surface area contributed by atoms with E-state index in [9.17, 15) is 0 Å². The Morgan fingerprint density at radius 3 is 2.50 bits per heavy atom. The maximum absolute atomic E-state index is 5.22. The fraction of sp³-hybridized carbons (Fsp3) is 1.00. The van der Waals surface area contributed by atoms with Gasteiger partial charge in [0.1, 0.15) is 0 Å². The molecule has 108 valence electrons. The van der Waals surface area contributed by atoms with Crippen LogP contribution in [0, 0.1) is 5.41 Å². The van der Waals surface area contributed by atoms with Crippen molar-refractivity contribution in [1.82, 2.24) is 10.2 Å². The van der Waals surface area contributed by atoms with E-state index in [0.717, 1.165) is 32.3 Å². The van der Waals surface area contributed by atoms with Crippen LogP contribution in [0.2, 0.25) is 0 Å². The molecular formula is C15H32N2O. The quantitative estimate of drug-likeness (QED) is 0.650. The third kappa shape index (κ3) is 5.68. The molecule has 0 aromatic rings. The van der Waals surface area contributed by atoms with Gasteiger partial charge in [0.15, 0.2) is 0 Å². The molecule has 0 radical (unpaired) electrons. The van der Waals surface area contributed by atoms with Crippen LogP contribution in [0.25, 0.3) is 0 Å². The maximum Gasteiger partial charge on any atom is 0.0589 e. The Kier molecular flexibility index (Phi) is 6.61. The van der Waals surface area contributed by atoms with Crippen molar-refractivity contribution < 1.29 is 4.74 Å². The average Bonchev–Trinajstić information content (AvgIpc) is 3.15. The van der Waals surface area contributed by atoms with Gasteiger partial charge in [-0.3, -0.25) is 4.90 Å². The number of hydrogen-bond acceptors (Lipinski definition) is 3. The van der Waals surface area contributed by atoms with E-state index in [-0.39, 0.29) is 0 Å². The van der Waals surface area contributed by atoms with Gasteiger partial charge in [0.05, 0.1) is 6.61 Å². The van der Waals surface area contributed by atoms with Crippen LogP contribution in [0.4, 0.5) is 0 Å². The minimum atomic E-state index is 0.376. The summed E-state index contributed by atoms with van der Waals surface area (Å²) in [4.78, 5) is 2.54. The smallest absolute Gasteiger partial charge is 0.0589 e. The minimum Gasteiger partial charge on any atom is -0.383 e. The Bertz CT molecular complexity index is 229. The first-order valence-electron chi connectivity index (χ1n) is 7.47. The zero-order valence-electron chi connectivity index (χ0n) is 13.0. The molecule has 1 N–H and O–H groups in total. The molecule has 1 atom stereocenters. The summed E-state index contributed by atoms with van der Waals surface area (Å²) < 4.78 is 5.22. The Morgan fingerprint density at radius 1 is 1.39 bits per heavy atom. The van der Waals surface area contributed by atoms with Gasteiger partial charge in [0.2, 0.25) is 0 Å². The molecule has 0 saturated heterocycles. The second kappa shape index (κ2) is 7.46. The third-order valence-electron chi connectivity index (χ3n) is 4.15. The summed E-state index contributed by atoms with van der Waals surface area (Å²) in [6, 6.07) is 1.40. The topological polar surface area (TPSA) is 24.5 Å². The van der Waals surface area contributed by atoms with Crippen LogP contribution in [-0.2, 0) is 4.74 Å². The van der Waals surface area contributed by atoms with Gasteiger partial charge in [0, 0.05) is 38.8 Å². The molecule has 3 heteroatoms. The molecule has 0 aliphatic heterocycles. The van der Waals surface area contributed by atoms with Crippen LogP contribution in [-0.4, -0.2) is 50.3 Å². The van der Waals surface area contributed by atoms with Gasteiger partial charge in [-0.25, -0.2) is 0 Å². The Labute approximate surface area is 113 Å². The number of methoxy groups -OCH3 is 1. The van der Waals surface area contributed by atoms with E-state index in [1.54, 1.807) is 7.11 Å². The van der Waals surface area contributed by atoms with Crippen molar-refractivity contribution in [1.29, 1.82) is 0 Å². The van der Waals surface area contributed by atoms with Gasteiger partial charge in [-0.15, -0.1) is 0 Å². The Morgan fingerprint density at radius 2 is 2.06 bits per heavy atom. The first kappa shape index (κ1) is 15.9. The summed E-state index contributed by atoms with van der Waals surface area (Å²) in [5.41, 5.74) is 0.376. The minimum absolute atomic E-state index is 0.376. The molecule has 18 heavy (non-hydrogen) atoms. The highest BCUT2D eigenvalue weighted by Crippen LogP contribution is 2.26. The second-order valence-corrected chi connectivity index (χ2v) is 6.38. The van der Waals surface area contributed by atoms with E-state index >= 15 is 0 Å². The fourth-order valence-electron chi connectivity index (χ4n) is 2.19. The Hall–Kier alpha value is -0.120. The van der Waals surface area contributed by atoms with Gasteiger partial charge in [0.25, 0.3) is 0 Å². The van der Waals surface area contributed by atoms with E-state index in [0.29, 0.717) is 11.5 Å². The van der Waals surface area contributed by atoms with Crippen molar-refractivity contribution in [2.75, 3.05) is 33.4 Å². The lowest BCUT2D eigenvalue weighted by Crippen LogP contribution is -2.46. The number of nitrogens with one attached hydrogen (secondary N) is 1. The monoisotopic (exact) mass is 256 g/mol. The van der Waals surface area contributed by atoms with Crippen LogP contribution in [0.15, 0.2) is 0 Å². The van der Waals surface area contributed by atoms with Gasteiger partial charge in [-0.2, -0.15) is 0 Å². The largest absolute Gasteiger partial charge is 0.383 e. The molecule has 1 unspecified atom stereocenters. The average molecular weight is 256 g/mol. The highest BCUT2D eigenvalue weighted by molar-refractivity contribution is 4.87. The second-order valence-electron chi connectivity index (χ2n) is 6.38. The summed E-state index contributed by atoms with van der Waals surface area (Å²) in [6.07, 6.45) is 3.97. The predicted molar refractivity (Wildman–Crippen MR) is 78.0 cm³/mol. The standard InChI is InChI=1S/C15H32N2O/c1-6-15(4,11-16-14-7-8-14)12-17(13(2)3)9-10-18-5/h13-14,16H,6-12H2,1-5H3. The molecular weight excluding hydrogens is 224 g/mol. The first-order chi connectivity index (χ1) is 8.50. The normalized spacial score (nSPS) is 19.5. The summed E-state index contributed by atoms with van der Waals surface area (Å²) >= 11 is 0. The number of nitrogens with zero attached hydrogens (tertiary/aromatic N) is 1. The lowest BCUT2D eigenvalue weighted by molar-refractivity contribution is 0.0876. The third-order valence-corrected chi connectivity index (χ3v) is 4.15. The summed E-state index contributed by atoms with van der Waals surface area (Å²) in [6.45, 7) is 13.4. The van der Waals surface area contributed by atoms with E-state index < -0.39 is 0 Å². The lowest BCUT2D eigenvalue weighted by atomic mass is 9.86. The summed E-state index contributed by atoms with van der Waals surface area (Å²) in [7, 11) is 1.78. The van der Waals surface area contributed by atoms with Gasteiger partial charge in [-0.05, 0) is 38.5 Å². The van der Waals surface area contributed by atoms with Crippen molar-refractivity contribution in [3.8, 4) is 0 Å². The molecule has 1 rings (SSSR count). The highest BCUT2D eigenvalue weighted by atomic mass is 16.5. The molecule has 1 aliphatic rings. The lowest BCUT2D eigenvalue weighted by Gasteiger charge is -2.37. The molecule has 0 bridgehead atoms. The fourth-order valence-corrected chi connectivity index (χ4v) is 2.19. The number of rotatable bonds is 10. The van der Waals surface area contributed by atoms with Crippen LogP contribution in [0.5, 0.6) is 0 Å². The van der Waals surface area contributed by atoms with Gasteiger partial charge < -0.3 is 10.1 Å². The molecule has 0 heterocycles. The van der Waals surface area contributed by atoms with Crippen LogP contribution in [0.1, 0.15) is 47.0 Å². The molecule has 0 aromatic carbocycles. The summed E-state index contributed by atoms with van der Waals surface area (Å²) in [5, 5.41) is 3.69. The molecule has 1 fully saturated rings. The Balaban J connectivity index is 2.44. The zero-order chi connectivity index (χ0) is 13.6. The molecule has 1 aliphatic carbocycles. The predicted octanol–water partition coefficient (Wildman–Crippen LogP) is 2.51. The van der Waals surface area contributed by atoms with Gasteiger partial charge in [-0.1, -0.05) is 13.8 Å². The first-order valence-corrected chi connectivity index (χ1v) is 7.47. The van der Waals surface area contributed by atoms with Crippen molar-refractivity contribution in [3.63, 3.8) is 0 Å². The molecule has 0 aromatic heterocycles. The van der Waals surface area contributed by atoms with Crippen molar-refractivity contribution in [2.24, 2.45) is 5.41 Å². The van der Waals surface area contributed by atoms with E-state index in [2.05, 4.69) is 37.9 Å².